The van der Waals surface area contributed by atoms with Gasteiger partial charge in [0, 0.05) is 21.6 Å². The van der Waals surface area contributed by atoms with Crippen molar-refractivity contribution in [2.45, 2.75) is 16.9 Å². The predicted molar refractivity (Wildman–Crippen MR) is 79.8 cm³/mol. The molecule has 0 amide bonds. The van der Waals surface area contributed by atoms with Gasteiger partial charge >= 0.3 is 5.51 Å². The van der Waals surface area contributed by atoms with Crippen molar-refractivity contribution in [3.05, 3.63) is 58.6 Å². The molecule has 106 valence electrons. The smallest absolute Gasteiger partial charge is 0.380 e. The molecule has 2 aromatic rings. The minimum atomic E-state index is -4.28. The standard InChI is InChI=1S/C14H11BrF3NS/c15-11-7-5-10(6-8-11)9-19-12-3-1-2-4-13(12)20-14(16,17)18/h1-8,19H,9H2. The van der Waals surface area contributed by atoms with Gasteiger partial charge in [0.05, 0.1) is 0 Å². The first-order chi connectivity index (χ1) is 9.44. The van der Waals surface area contributed by atoms with Gasteiger partial charge in [-0.3, -0.25) is 0 Å². The molecule has 2 aromatic carbocycles. The topological polar surface area (TPSA) is 12.0 Å². The van der Waals surface area contributed by atoms with Crippen molar-refractivity contribution in [2.75, 3.05) is 5.32 Å². The van der Waals surface area contributed by atoms with Crippen LogP contribution in [0.15, 0.2) is 57.9 Å². The molecule has 0 spiro atoms. The lowest BCUT2D eigenvalue weighted by atomic mass is 10.2. The Morgan fingerprint density at radius 2 is 1.65 bits per heavy atom. The van der Waals surface area contributed by atoms with Crippen LogP contribution in [0.3, 0.4) is 0 Å². The van der Waals surface area contributed by atoms with Gasteiger partial charge in [-0.1, -0.05) is 40.2 Å². The van der Waals surface area contributed by atoms with Gasteiger partial charge in [0.1, 0.15) is 0 Å². The lowest BCUT2D eigenvalue weighted by molar-refractivity contribution is -0.0327. The van der Waals surface area contributed by atoms with Crippen LogP contribution < -0.4 is 5.32 Å². The van der Waals surface area contributed by atoms with Crippen molar-refractivity contribution in [1.82, 2.24) is 0 Å². The molecule has 1 nitrogen and oxygen atoms in total. The molecule has 0 saturated carbocycles. The van der Waals surface area contributed by atoms with Crippen LogP contribution in [0.2, 0.25) is 0 Å². The monoisotopic (exact) mass is 361 g/mol. The maximum absolute atomic E-state index is 12.5. The molecule has 0 aliphatic heterocycles. The highest BCUT2D eigenvalue weighted by Crippen LogP contribution is 2.40. The Labute approximate surface area is 127 Å². The molecule has 0 heterocycles. The van der Waals surface area contributed by atoms with E-state index in [1.807, 2.05) is 24.3 Å². The molecule has 0 aromatic heterocycles. The molecule has 0 unspecified atom stereocenters. The molecule has 0 bridgehead atoms. The highest BCUT2D eigenvalue weighted by Gasteiger charge is 2.30. The first-order valence-corrected chi connectivity index (χ1v) is 7.38. The van der Waals surface area contributed by atoms with Gasteiger partial charge in [-0.25, -0.2) is 0 Å². The van der Waals surface area contributed by atoms with Crippen molar-refractivity contribution in [3.63, 3.8) is 0 Å². The van der Waals surface area contributed by atoms with E-state index < -0.39 is 5.51 Å². The number of nitrogens with one attached hydrogen (secondary N) is 1. The Bertz CT molecular complexity index is 569. The minimum Gasteiger partial charge on any atom is -0.380 e. The van der Waals surface area contributed by atoms with Crippen molar-refractivity contribution in [3.8, 4) is 0 Å². The fraction of sp³-hybridized carbons (Fsp3) is 0.143. The molecule has 0 aliphatic carbocycles. The zero-order valence-electron chi connectivity index (χ0n) is 10.2. The summed E-state index contributed by atoms with van der Waals surface area (Å²) < 4.78 is 38.3. The highest BCUT2D eigenvalue weighted by molar-refractivity contribution is 9.10. The number of alkyl halides is 3. The molecule has 0 aliphatic rings. The zero-order valence-corrected chi connectivity index (χ0v) is 12.6. The fourth-order valence-corrected chi connectivity index (χ4v) is 2.54. The van der Waals surface area contributed by atoms with Crippen LogP contribution in [0.5, 0.6) is 0 Å². The number of hydrogen-bond donors (Lipinski definition) is 1. The number of anilines is 1. The Morgan fingerprint density at radius 3 is 2.30 bits per heavy atom. The van der Waals surface area contributed by atoms with Crippen LogP contribution in [-0.4, -0.2) is 5.51 Å². The summed E-state index contributed by atoms with van der Waals surface area (Å²) in [5.74, 6) is 0. The summed E-state index contributed by atoms with van der Waals surface area (Å²) in [5.41, 5.74) is -2.80. The summed E-state index contributed by atoms with van der Waals surface area (Å²) in [7, 11) is 0. The van der Waals surface area contributed by atoms with Crippen molar-refractivity contribution in [2.24, 2.45) is 0 Å². The summed E-state index contributed by atoms with van der Waals surface area (Å²) in [6, 6.07) is 14.0. The molecular weight excluding hydrogens is 351 g/mol. The maximum Gasteiger partial charge on any atom is 0.446 e. The van der Waals surface area contributed by atoms with Gasteiger partial charge in [-0.2, -0.15) is 13.2 Å². The first kappa shape index (κ1) is 15.3. The third-order valence-corrected chi connectivity index (χ3v) is 3.84. The maximum atomic E-state index is 12.5. The third kappa shape index (κ3) is 4.76. The van der Waals surface area contributed by atoms with Crippen LogP contribution in [0.1, 0.15) is 5.56 Å². The number of para-hydroxylation sites is 1. The predicted octanol–water partition coefficient (Wildman–Crippen LogP) is 5.67. The second-order valence-corrected chi connectivity index (χ2v) is 6.05. The van der Waals surface area contributed by atoms with E-state index in [0.29, 0.717) is 12.2 Å². The van der Waals surface area contributed by atoms with Crippen LogP contribution in [-0.2, 0) is 6.54 Å². The lowest BCUT2D eigenvalue weighted by Gasteiger charge is -2.13. The van der Waals surface area contributed by atoms with E-state index in [1.165, 1.54) is 6.07 Å². The molecule has 6 heteroatoms. The van der Waals surface area contributed by atoms with E-state index in [1.54, 1.807) is 18.2 Å². The van der Waals surface area contributed by atoms with Crippen molar-refractivity contribution < 1.29 is 13.2 Å². The second kappa shape index (κ2) is 6.54. The number of halogens is 4. The lowest BCUT2D eigenvalue weighted by Crippen LogP contribution is -2.04. The van der Waals surface area contributed by atoms with E-state index in [-0.39, 0.29) is 16.7 Å². The van der Waals surface area contributed by atoms with Crippen LogP contribution in [0.25, 0.3) is 0 Å². The fourth-order valence-electron chi connectivity index (χ4n) is 1.63. The van der Waals surface area contributed by atoms with Crippen LogP contribution in [0, 0.1) is 0 Å². The Kier molecular flexibility index (Phi) is 4.99. The van der Waals surface area contributed by atoms with Gasteiger partial charge in [-0.05, 0) is 41.6 Å². The molecule has 2 rings (SSSR count). The summed E-state index contributed by atoms with van der Waals surface area (Å²) in [6.45, 7) is 0.475. The SMILES string of the molecule is FC(F)(F)Sc1ccccc1NCc1ccc(Br)cc1. The van der Waals surface area contributed by atoms with Gasteiger partial charge in [0.25, 0.3) is 0 Å². The third-order valence-electron chi connectivity index (χ3n) is 2.51. The van der Waals surface area contributed by atoms with E-state index >= 15 is 0 Å². The molecule has 20 heavy (non-hydrogen) atoms. The van der Waals surface area contributed by atoms with Crippen LogP contribution >= 0.6 is 27.7 Å². The number of benzene rings is 2. The molecule has 0 radical (unpaired) electrons. The van der Waals surface area contributed by atoms with E-state index in [9.17, 15) is 13.2 Å². The average molecular weight is 362 g/mol. The zero-order chi connectivity index (χ0) is 14.6. The molecule has 0 atom stereocenters. The minimum absolute atomic E-state index is 0.105. The summed E-state index contributed by atoms with van der Waals surface area (Å²) >= 11 is 3.23. The van der Waals surface area contributed by atoms with Gasteiger partial charge in [0.2, 0.25) is 0 Å². The second-order valence-electron chi connectivity index (χ2n) is 4.02. The van der Waals surface area contributed by atoms with Gasteiger partial charge < -0.3 is 5.32 Å². The first-order valence-electron chi connectivity index (χ1n) is 5.77. The van der Waals surface area contributed by atoms with Gasteiger partial charge in [0.15, 0.2) is 0 Å². The number of rotatable bonds is 4. The quantitative estimate of drug-likeness (QED) is 0.703. The molecule has 1 N–H and O–H groups in total. The summed E-state index contributed by atoms with van der Waals surface area (Å²) in [5, 5.41) is 3.04. The normalized spacial score (nSPS) is 11.4. The van der Waals surface area contributed by atoms with Crippen molar-refractivity contribution >= 4 is 33.4 Å². The highest BCUT2D eigenvalue weighted by atomic mass is 79.9. The van der Waals surface area contributed by atoms with E-state index in [2.05, 4.69) is 21.2 Å². The Balaban J connectivity index is 2.07. The Hall–Kier alpha value is -1.14. The number of thioether (sulfide) groups is 1. The Morgan fingerprint density at radius 1 is 1.00 bits per heavy atom. The summed E-state index contributed by atoms with van der Waals surface area (Å²) in [4.78, 5) is 0.178. The van der Waals surface area contributed by atoms with E-state index in [0.717, 1.165) is 10.0 Å². The van der Waals surface area contributed by atoms with E-state index in [4.69, 9.17) is 0 Å². The van der Waals surface area contributed by atoms with Crippen LogP contribution in [0.4, 0.5) is 18.9 Å². The largest absolute Gasteiger partial charge is 0.446 e. The number of hydrogen-bond acceptors (Lipinski definition) is 2. The van der Waals surface area contributed by atoms with Gasteiger partial charge in [-0.15, -0.1) is 0 Å². The molecular formula is C14H11BrF3NS. The molecule has 0 fully saturated rings. The average Bonchev–Trinajstić information content (AvgIpc) is 2.38. The molecule has 0 saturated heterocycles. The van der Waals surface area contributed by atoms with Crippen molar-refractivity contribution in [1.29, 1.82) is 0 Å². The summed E-state index contributed by atoms with van der Waals surface area (Å²) in [6.07, 6.45) is 0.